The Hall–Kier alpha value is -0.550. The molecule has 3 rings (SSSR count). The van der Waals surface area contributed by atoms with E-state index in [4.69, 9.17) is 5.73 Å². The molecule has 0 radical (unpaired) electrons. The molecule has 1 aliphatic heterocycles. The Balaban J connectivity index is 1.76. The zero-order valence-corrected chi connectivity index (χ0v) is 13.5. The Bertz CT molecular complexity index is 468. The highest BCUT2D eigenvalue weighted by atomic mass is 32.2. The van der Waals surface area contributed by atoms with Crippen LogP contribution in [0, 0.1) is 5.41 Å². The molecular weight excluding hydrogens is 268 g/mol. The van der Waals surface area contributed by atoms with Gasteiger partial charge in [-0.25, -0.2) is 0 Å². The second-order valence-electron chi connectivity index (χ2n) is 6.92. The van der Waals surface area contributed by atoms with Crippen molar-refractivity contribution < 1.29 is 0 Å². The van der Waals surface area contributed by atoms with Crippen molar-refractivity contribution in [3.63, 3.8) is 0 Å². The van der Waals surface area contributed by atoms with Crippen molar-refractivity contribution in [1.29, 1.82) is 0 Å². The SMILES string of the molecule is CC1(C)CCCC(Sc2nnc3n2CCCCC3)C1N. The van der Waals surface area contributed by atoms with E-state index in [0.29, 0.717) is 5.25 Å². The molecule has 1 aliphatic carbocycles. The van der Waals surface area contributed by atoms with E-state index in [1.54, 1.807) is 0 Å². The number of aryl methyl sites for hydroxylation is 1. The molecule has 112 valence electrons. The van der Waals surface area contributed by atoms with Crippen LogP contribution in [0.3, 0.4) is 0 Å². The molecule has 1 aromatic heterocycles. The molecule has 0 spiro atoms. The van der Waals surface area contributed by atoms with Crippen molar-refractivity contribution in [2.24, 2.45) is 11.1 Å². The monoisotopic (exact) mass is 294 g/mol. The van der Waals surface area contributed by atoms with Crippen molar-refractivity contribution >= 4 is 11.8 Å². The van der Waals surface area contributed by atoms with Crippen LogP contribution in [-0.2, 0) is 13.0 Å². The summed E-state index contributed by atoms with van der Waals surface area (Å²) in [5.41, 5.74) is 6.75. The van der Waals surface area contributed by atoms with E-state index in [0.717, 1.165) is 18.1 Å². The summed E-state index contributed by atoms with van der Waals surface area (Å²) in [4.78, 5) is 0. The fourth-order valence-corrected chi connectivity index (χ4v) is 4.90. The minimum absolute atomic E-state index is 0.248. The van der Waals surface area contributed by atoms with E-state index in [9.17, 15) is 0 Å². The smallest absolute Gasteiger partial charge is 0.191 e. The Morgan fingerprint density at radius 3 is 2.90 bits per heavy atom. The van der Waals surface area contributed by atoms with Crippen LogP contribution in [0.1, 0.15) is 58.2 Å². The van der Waals surface area contributed by atoms with Crippen molar-refractivity contribution in [3.8, 4) is 0 Å². The molecule has 0 saturated heterocycles. The van der Waals surface area contributed by atoms with Gasteiger partial charge in [0, 0.05) is 24.3 Å². The van der Waals surface area contributed by atoms with Crippen LogP contribution in [0.25, 0.3) is 0 Å². The Morgan fingerprint density at radius 2 is 2.05 bits per heavy atom. The maximum Gasteiger partial charge on any atom is 0.191 e. The highest BCUT2D eigenvalue weighted by Gasteiger charge is 2.37. The summed E-state index contributed by atoms with van der Waals surface area (Å²) in [5.74, 6) is 1.17. The summed E-state index contributed by atoms with van der Waals surface area (Å²) in [7, 11) is 0. The number of nitrogens with zero attached hydrogens (tertiary/aromatic N) is 3. The maximum absolute atomic E-state index is 6.50. The first-order valence-electron chi connectivity index (χ1n) is 7.92. The van der Waals surface area contributed by atoms with Gasteiger partial charge in [-0.2, -0.15) is 0 Å². The van der Waals surface area contributed by atoms with Gasteiger partial charge in [0.05, 0.1) is 0 Å². The third-order valence-electron chi connectivity index (χ3n) is 4.95. The molecule has 2 N–H and O–H groups in total. The minimum atomic E-state index is 0.248. The molecule has 2 aliphatic rings. The predicted molar refractivity (Wildman–Crippen MR) is 82.8 cm³/mol. The standard InChI is InChI=1S/C15H26N4S/c1-15(2)9-6-7-11(13(15)16)20-14-18-17-12-8-4-3-5-10-19(12)14/h11,13H,3-10,16H2,1-2H3. The van der Waals surface area contributed by atoms with E-state index < -0.39 is 0 Å². The Kier molecular flexibility index (Phi) is 4.09. The zero-order chi connectivity index (χ0) is 14.2. The van der Waals surface area contributed by atoms with Crippen LogP contribution in [-0.4, -0.2) is 26.1 Å². The van der Waals surface area contributed by atoms with Crippen molar-refractivity contribution in [3.05, 3.63) is 5.82 Å². The van der Waals surface area contributed by atoms with Crippen LogP contribution >= 0.6 is 11.8 Å². The number of nitrogens with two attached hydrogens (primary N) is 1. The first kappa shape index (κ1) is 14.4. The van der Waals surface area contributed by atoms with Gasteiger partial charge < -0.3 is 10.3 Å². The lowest BCUT2D eigenvalue weighted by molar-refractivity contribution is 0.208. The highest BCUT2D eigenvalue weighted by molar-refractivity contribution is 7.99. The van der Waals surface area contributed by atoms with Crippen LogP contribution in [0.5, 0.6) is 0 Å². The lowest BCUT2D eigenvalue weighted by Crippen LogP contribution is -2.48. The van der Waals surface area contributed by atoms with Crippen molar-refractivity contribution in [2.45, 2.75) is 81.8 Å². The van der Waals surface area contributed by atoms with E-state index in [1.165, 1.54) is 44.3 Å². The summed E-state index contributed by atoms with van der Waals surface area (Å²) in [6.07, 6.45) is 8.61. The first-order chi connectivity index (χ1) is 9.58. The molecular formula is C15H26N4S. The molecule has 1 fully saturated rings. The number of hydrogen-bond acceptors (Lipinski definition) is 4. The largest absolute Gasteiger partial charge is 0.326 e. The molecule has 2 atom stereocenters. The topological polar surface area (TPSA) is 56.7 Å². The van der Waals surface area contributed by atoms with Gasteiger partial charge in [-0.1, -0.05) is 38.5 Å². The number of rotatable bonds is 2. The number of hydrogen-bond donors (Lipinski definition) is 1. The zero-order valence-electron chi connectivity index (χ0n) is 12.6. The lowest BCUT2D eigenvalue weighted by atomic mass is 9.73. The second kappa shape index (κ2) is 5.68. The van der Waals surface area contributed by atoms with Crippen molar-refractivity contribution in [1.82, 2.24) is 14.8 Å². The normalized spacial score (nSPS) is 29.8. The van der Waals surface area contributed by atoms with Gasteiger partial charge in [-0.15, -0.1) is 10.2 Å². The van der Waals surface area contributed by atoms with Crippen molar-refractivity contribution in [2.75, 3.05) is 0 Å². The maximum atomic E-state index is 6.50. The van der Waals surface area contributed by atoms with E-state index in [-0.39, 0.29) is 11.5 Å². The molecule has 0 amide bonds. The quantitative estimate of drug-likeness (QED) is 0.911. The second-order valence-corrected chi connectivity index (χ2v) is 8.13. The molecule has 2 heterocycles. The van der Waals surface area contributed by atoms with Crippen LogP contribution in [0.15, 0.2) is 5.16 Å². The Morgan fingerprint density at radius 1 is 1.20 bits per heavy atom. The predicted octanol–water partition coefficient (Wildman–Crippen LogP) is 3.00. The highest BCUT2D eigenvalue weighted by Crippen LogP contribution is 2.41. The van der Waals surface area contributed by atoms with E-state index in [1.807, 2.05) is 11.8 Å². The minimum Gasteiger partial charge on any atom is -0.326 e. The molecule has 0 bridgehead atoms. The lowest BCUT2D eigenvalue weighted by Gasteiger charge is -2.41. The number of thioether (sulfide) groups is 1. The van der Waals surface area contributed by atoms with Crippen LogP contribution in [0.4, 0.5) is 0 Å². The molecule has 1 saturated carbocycles. The average molecular weight is 294 g/mol. The van der Waals surface area contributed by atoms with E-state index >= 15 is 0 Å². The van der Waals surface area contributed by atoms with Gasteiger partial charge in [0.25, 0.3) is 0 Å². The van der Waals surface area contributed by atoms with Gasteiger partial charge in [0.2, 0.25) is 0 Å². The molecule has 2 unspecified atom stereocenters. The number of aromatic nitrogens is 3. The summed E-state index contributed by atoms with van der Waals surface area (Å²) in [5, 5.41) is 10.4. The van der Waals surface area contributed by atoms with Crippen LogP contribution < -0.4 is 5.73 Å². The summed E-state index contributed by atoms with van der Waals surface area (Å²) >= 11 is 1.87. The summed E-state index contributed by atoms with van der Waals surface area (Å²) in [6, 6.07) is 0.250. The molecule has 20 heavy (non-hydrogen) atoms. The van der Waals surface area contributed by atoms with Gasteiger partial charge in [-0.3, -0.25) is 0 Å². The van der Waals surface area contributed by atoms with Gasteiger partial charge in [0.15, 0.2) is 5.16 Å². The fourth-order valence-electron chi connectivity index (χ4n) is 3.42. The fraction of sp³-hybridized carbons (Fsp3) is 0.867. The summed E-state index contributed by atoms with van der Waals surface area (Å²) < 4.78 is 2.34. The van der Waals surface area contributed by atoms with Gasteiger partial charge in [0.1, 0.15) is 5.82 Å². The third kappa shape index (κ3) is 2.75. The summed E-state index contributed by atoms with van der Waals surface area (Å²) in [6.45, 7) is 5.68. The average Bonchev–Trinajstić information content (AvgIpc) is 2.64. The first-order valence-corrected chi connectivity index (χ1v) is 8.80. The van der Waals surface area contributed by atoms with E-state index in [2.05, 4.69) is 28.6 Å². The molecule has 0 aromatic carbocycles. The third-order valence-corrected chi connectivity index (χ3v) is 6.29. The van der Waals surface area contributed by atoms with Crippen LogP contribution in [0.2, 0.25) is 0 Å². The number of fused-ring (bicyclic) bond motifs is 1. The molecule has 1 aromatic rings. The van der Waals surface area contributed by atoms with Gasteiger partial charge >= 0.3 is 0 Å². The Labute approximate surface area is 125 Å². The van der Waals surface area contributed by atoms with Gasteiger partial charge in [-0.05, 0) is 31.1 Å². The molecule has 4 nitrogen and oxygen atoms in total. The molecule has 5 heteroatoms.